The highest BCUT2D eigenvalue weighted by Gasteiger charge is 2.32. The van der Waals surface area contributed by atoms with Crippen LogP contribution in [0.1, 0.15) is 24.5 Å². The van der Waals surface area contributed by atoms with E-state index in [1.807, 2.05) is 13.0 Å². The van der Waals surface area contributed by atoms with E-state index in [-0.39, 0.29) is 17.8 Å². The first kappa shape index (κ1) is 21.4. The minimum absolute atomic E-state index is 0.166. The lowest BCUT2D eigenvalue weighted by Crippen LogP contribution is -2.47. The molecule has 0 saturated carbocycles. The highest BCUT2D eigenvalue weighted by Crippen LogP contribution is 2.28. The Morgan fingerprint density at radius 3 is 2.46 bits per heavy atom. The summed E-state index contributed by atoms with van der Waals surface area (Å²) in [6, 6.07) is 9.89. The van der Waals surface area contributed by atoms with Gasteiger partial charge in [-0.15, -0.1) is 0 Å². The molecule has 2 aromatic rings. The van der Waals surface area contributed by atoms with Crippen molar-refractivity contribution in [3.63, 3.8) is 0 Å². The monoisotopic (exact) mass is 405 g/mol. The lowest BCUT2D eigenvalue weighted by atomic mass is 10.1. The maximum absolute atomic E-state index is 12.9. The second kappa shape index (κ2) is 8.39. The van der Waals surface area contributed by atoms with Crippen molar-refractivity contribution in [3.8, 4) is 0 Å². The van der Waals surface area contributed by atoms with E-state index < -0.39 is 26.9 Å². The normalized spacial score (nSPS) is 12.3. The van der Waals surface area contributed by atoms with Gasteiger partial charge in [-0.3, -0.25) is 19.2 Å². The molecule has 0 bridgehead atoms. The molecule has 1 amide bonds. The predicted molar refractivity (Wildman–Crippen MR) is 109 cm³/mol. The zero-order valence-corrected chi connectivity index (χ0v) is 17.0. The van der Waals surface area contributed by atoms with Crippen LogP contribution in [-0.2, 0) is 14.8 Å². The summed E-state index contributed by atoms with van der Waals surface area (Å²) in [7, 11) is -3.76. The van der Waals surface area contributed by atoms with Gasteiger partial charge in [0.2, 0.25) is 15.9 Å². The number of nitro benzene ring substituents is 1. The Kier molecular flexibility index (Phi) is 6.40. The molecule has 0 heterocycles. The molecule has 0 saturated heterocycles. The van der Waals surface area contributed by atoms with Gasteiger partial charge in [0.15, 0.2) is 0 Å². The minimum Gasteiger partial charge on any atom is -0.324 e. The third kappa shape index (κ3) is 4.86. The number of sulfonamides is 1. The fourth-order valence-electron chi connectivity index (χ4n) is 2.92. The van der Waals surface area contributed by atoms with E-state index in [1.165, 1.54) is 24.3 Å². The smallest absolute Gasteiger partial charge is 0.271 e. The molecule has 8 nitrogen and oxygen atoms in total. The number of hydrogen-bond acceptors (Lipinski definition) is 5. The Morgan fingerprint density at radius 1 is 1.21 bits per heavy atom. The van der Waals surface area contributed by atoms with Crippen LogP contribution in [0.2, 0.25) is 0 Å². The van der Waals surface area contributed by atoms with E-state index in [0.29, 0.717) is 5.69 Å². The molecule has 1 N–H and O–H groups in total. The summed E-state index contributed by atoms with van der Waals surface area (Å²) in [4.78, 5) is 23.3. The van der Waals surface area contributed by atoms with E-state index in [2.05, 4.69) is 5.32 Å². The number of aryl methyl sites for hydroxylation is 2. The minimum atomic E-state index is -3.76. The van der Waals surface area contributed by atoms with Crippen LogP contribution in [0, 0.1) is 24.0 Å². The number of hydrogen-bond donors (Lipinski definition) is 1. The van der Waals surface area contributed by atoms with Crippen molar-refractivity contribution in [3.05, 3.63) is 63.7 Å². The summed E-state index contributed by atoms with van der Waals surface area (Å²) in [6.07, 6.45) is 1.28. The maximum atomic E-state index is 12.9. The van der Waals surface area contributed by atoms with Gasteiger partial charge in [-0.1, -0.05) is 25.1 Å². The molecule has 1 atom stereocenters. The summed E-state index contributed by atoms with van der Waals surface area (Å²) in [5.41, 5.74) is 2.08. The van der Waals surface area contributed by atoms with Crippen LogP contribution < -0.4 is 9.62 Å². The highest BCUT2D eigenvalue weighted by molar-refractivity contribution is 7.92. The Hall–Kier alpha value is -2.94. The average Bonchev–Trinajstić information content (AvgIpc) is 2.61. The summed E-state index contributed by atoms with van der Waals surface area (Å²) >= 11 is 0. The van der Waals surface area contributed by atoms with Gasteiger partial charge in [0.1, 0.15) is 6.04 Å². The van der Waals surface area contributed by atoms with E-state index >= 15 is 0 Å². The van der Waals surface area contributed by atoms with Crippen molar-refractivity contribution >= 4 is 33.0 Å². The largest absolute Gasteiger partial charge is 0.324 e. The second-order valence-corrected chi connectivity index (χ2v) is 8.43. The molecule has 2 aromatic carbocycles. The number of benzene rings is 2. The van der Waals surface area contributed by atoms with Gasteiger partial charge < -0.3 is 5.32 Å². The molecule has 0 aliphatic rings. The van der Waals surface area contributed by atoms with Crippen LogP contribution in [0.4, 0.5) is 17.1 Å². The van der Waals surface area contributed by atoms with Crippen molar-refractivity contribution in [1.82, 2.24) is 0 Å². The summed E-state index contributed by atoms with van der Waals surface area (Å²) in [5, 5.41) is 13.5. The van der Waals surface area contributed by atoms with Crippen molar-refractivity contribution in [2.75, 3.05) is 15.9 Å². The number of rotatable bonds is 7. The Labute approximate surface area is 164 Å². The van der Waals surface area contributed by atoms with Crippen molar-refractivity contribution in [2.24, 2.45) is 0 Å². The Balaban J connectivity index is 2.44. The van der Waals surface area contributed by atoms with E-state index in [1.54, 1.807) is 26.0 Å². The van der Waals surface area contributed by atoms with Gasteiger partial charge >= 0.3 is 0 Å². The fourth-order valence-corrected chi connectivity index (χ4v) is 4.18. The van der Waals surface area contributed by atoms with Crippen LogP contribution in [0.15, 0.2) is 42.5 Å². The standard InChI is InChI=1S/C19H23N3O5S/c1-5-17(19(23)20-15-7-6-8-16(12-15)22(24)25)21(28(4,26)27)18-11-13(2)9-10-14(18)3/h6-12,17H,5H2,1-4H3,(H,20,23)/t17-/m1/s1. The molecule has 0 aliphatic carbocycles. The van der Waals surface area contributed by atoms with Crippen LogP contribution in [0.25, 0.3) is 0 Å². The zero-order chi connectivity index (χ0) is 21.1. The highest BCUT2D eigenvalue weighted by atomic mass is 32.2. The van der Waals surface area contributed by atoms with Crippen molar-refractivity contribution in [1.29, 1.82) is 0 Å². The van der Waals surface area contributed by atoms with Crippen LogP contribution >= 0.6 is 0 Å². The third-order valence-corrected chi connectivity index (χ3v) is 5.42. The van der Waals surface area contributed by atoms with Crippen LogP contribution in [0.5, 0.6) is 0 Å². The number of anilines is 2. The molecule has 0 spiro atoms. The SMILES string of the molecule is CC[C@H](C(=O)Nc1cccc([N+](=O)[O-])c1)N(c1cc(C)ccc1C)S(C)(=O)=O. The molecule has 0 radical (unpaired) electrons. The van der Waals surface area contributed by atoms with Gasteiger partial charge in [-0.25, -0.2) is 8.42 Å². The molecular formula is C19H23N3O5S. The number of carbonyl (C=O) groups is 1. The molecular weight excluding hydrogens is 382 g/mol. The Bertz CT molecular complexity index is 1000. The molecule has 0 unspecified atom stereocenters. The predicted octanol–water partition coefficient (Wildman–Crippen LogP) is 3.39. The first-order valence-corrected chi connectivity index (χ1v) is 10.5. The average molecular weight is 405 g/mol. The fraction of sp³-hybridized carbons (Fsp3) is 0.316. The molecule has 0 aliphatic heterocycles. The molecule has 2 rings (SSSR count). The number of nitro groups is 1. The summed E-state index contributed by atoms with van der Waals surface area (Å²) in [6.45, 7) is 5.33. The maximum Gasteiger partial charge on any atom is 0.271 e. The molecule has 28 heavy (non-hydrogen) atoms. The molecule has 0 fully saturated rings. The van der Waals surface area contributed by atoms with E-state index in [4.69, 9.17) is 0 Å². The lowest BCUT2D eigenvalue weighted by Gasteiger charge is -2.31. The first-order chi connectivity index (χ1) is 13.0. The first-order valence-electron chi connectivity index (χ1n) is 8.66. The number of amides is 1. The van der Waals surface area contributed by atoms with Gasteiger partial charge in [0.25, 0.3) is 5.69 Å². The topological polar surface area (TPSA) is 110 Å². The summed E-state index contributed by atoms with van der Waals surface area (Å²) < 4.78 is 26.2. The second-order valence-electron chi connectivity index (χ2n) is 6.57. The zero-order valence-electron chi connectivity index (χ0n) is 16.2. The van der Waals surface area contributed by atoms with Gasteiger partial charge in [0, 0.05) is 17.8 Å². The van der Waals surface area contributed by atoms with Crippen LogP contribution in [0.3, 0.4) is 0 Å². The molecule has 9 heteroatoms. The number of carbonyl (C=O) groups excluding carboxylic acids is 1. The van der Waals surface area contributed by atoms with Crippen LogP contribution in [-0.4, -0.2) is 31.5 Å². The molecule has 0 aromatic heterocycles. The molecule has 150 valence electrons. The third-order valence-electron chi connectivity index (χ3n) is 4.26. The van der Waals surface area contributed by atoms with E-state index in [9.17, 15) is 23.3 Å². The van der Waals surface area contributed by atoms with Gasteiger partial charge in [-0.05, 0) is 43.5 Å². The Morgan fingerprint density at radius 2 is 1.89 bits per heavy atom. The quantitative estimate of drug-likeness (QED) is 0.561. The number of non-ortho nitro benzene ring substituents is 1. The summed E-state index contributed by atoms with van der Waals surface area (Å²) in [5.74, 6) is -0.561. The number of nitrogens with one attached hydrogen (secondary N) is 1. The van der Waals surface area contributed by atoms with Crippen molar-refractivity contribution < 1.29 is 18.1 Å². The van der Waals surface area contributed by atoms with Gasteiger partial charge in [-0.2, -0.15) is 0 Å². The lowest BCUT2D eigenvalue weighted by molar-refractivity contribution is -0.384. The van der Waals surface area contributed by atoms with Gasteiger partial charge in [0.05, 0.1) is 16.9 Å². The van der Waals surface area contributed by atoms with Crippen molar-refractivity contribution in [2.45, 2.75) is 33.2 Å². The van der Waals surface area contributed by atoms with E-state index in [0.717, 1.165) is 21.7 Å². The number of nitrogens with zero attached hydrogens (tertiary/aromatic N) is 2.